The average Bonchev–Trinajstić information content (AvgIpc) is 2.35. The van der Waals surface area contributed by atoms with Crippen molar-refractivity contribution in [1.82, 2.24) is 9.97 Å². The van der Waals surface area contributed by atoms with Gasteiger partial charge in [-0.2, -0.15) is 0 Å². The molecule has 1 aromatic carbocycles. The number of H-pyrrole nitrogens is 1. The minimum Gasteiger partial charge on any atom is -0.481 e. The van der Waals surface area contributed by atoms with Gasteiger partial charge in [0.1, 0.15) is 0 Å². The molecule has 5 nitrogen and oxygen atoms in total. The van der Waals surface area contributed by atoms with Crippen LogP contribution in [0.25, 0.3) is 0 Å². The number of benzene rings is 1. The molecule has 0 bridgehead atoms. The van der Waals surface area contributed by atoms with Crippen molar-refractivity contribution in [2.24, 2.45) is 0 Å². The average molecular weight is 311 g/mol. The zero-order valence-corrected chi connectivity index (χ0v) is 11.9. The van der Waals surface area contributed by atoms with Gasteiger partial charge in [-0.3, -0.25) is 9.59 Å². The van der Waals surface area contributed by atoms with Gasteiger partial charge in [0.25, 0.3) is 5.56 Å². The molecule has 104 valence electrons. The maximum atomic E-state index is 11.4. The van der Waals surface area contributed by atoms with Crippen molar-refractivity contribution in [3.63, 3.8) is 0 Å². The molecule has 7 heteroatoms. The van der Waals surface area contributed by atoms with E-state index in [1.165, 1.54) is 17.8 Å². The van der Waals surface area contributed by atoms with Gasteiger partial charge in [-0.1, -0.05) is 35.5 Å². The first-order valence-corrected chi connectivity index (χ1v) is 7.08. The van der Waals surface area contributed by atoms with Gasteiger partial charge in [-0.05, 0) is 17.7 Å². The van der Waals surface area contributed by atoms with E-state index in [1.54, 1.807) is 6.07 Å². The topological polar surface area (TPSA) is 83.0 Å². The Hall–Kier alpha value is -1.79. The summed E-state index contributed by atoms with van der Waals surface area (Å²) in [5.41, 5.74) is 0.883. The third-order valence-corrected chi connectivity index (χ3v) is 3.55. The van der Waals surface area contributed by atoms with E-state index in [-0.39, 0.29) is 17.7 Å². The highest BCUT2D eigenvalue weighted by atomic mass is 35.5. The van der Waals surface area contributed by atoms with E-state index in [9.17, 15) is 9.59 Å². The second-order valence-electron chi connectivity index (χ2n) is 4.03. The van der Waals surface area contributed by atoms with Crippen LogP contribution in [0.4, 0.5) is 0 Å². The van der Waals surface area contributed by atoms with E-state index in [2.05, 4.69) is 9.97 Å². The third kappa shape index (κ3) is 4.40. The van der Waals surface area contributed by atoms with Crippen molar-refractivity contribution in [1.29, 1.82) is 0 Å². The standard InChI is InChI=1S/C13H11ClN2O3S/c14-9-3-1-2-8(4-9)7-20-13-15-10(6-12(18)19)5-11(17)16-13/h1-5H,6-7H2,(H,18,19)(H,15,16,17). The van der Waals surface area contributed by atoms with E-state index >= 15 is 0 Å². The normalized spacial score (nSPS) is 10.4. The molecule has 0 aliphatic carbocycles. The van der Waals surface area contributed by atoms with Gasteiger partial charge in [0, 0.05) is 16.8 Å². The Morgan fingerprint density at radius 3 is 2.90 bits per heavy atom. The lowest BCUT2D eigenvalue weighted by atomic mass is 10.2. The highest BCUT2D eigenvalue weighted by molar-refractivity contribution is 7.98. The van der Waals surface area contributed by atoms with Crippen molar-refractivity contribution in [2.45, 2.75) is 17.3 Å². The van der Waals surface area contributed by atoms with Crippen LogP contribution in [0.1, 0.15) is 11.3 Å². The van der Waals surface area contributed by atoms with Gasteiger partial charge >= 0.3 is 5.97 Å². The smallest absolute Gasteiger partial charge is 0.309 e. The van der Waals surface area contributed by atoms with E-state index in [0.717, 1.165) is 5.56 Å². The Bertz CT molecular complexity index is 687. The number of halogens is 1. The van der Waals surface area contributed by atoms with Crippen molar-refractivity contribution < 1.29 is 9.90 Å². The number of nitrogens with zero attached hydrogens (tertiary/aromatic N) is 1. The fourth-order valence-electron chi connectivity index (χ4n) is 1.58. The van der Waals surface area contributed by atoms with E-state index in [1.807, 2.05) is 18.2 Å². The predicted octanol–water partition coefficient (Wildman–Crippen LogP) is 2.34. The molecule has 1 aromatic heterocycles. The molecule has 0 amide bonds. The van der Waals surface area contributed by atoms with E-state index in [4.69, 9.17) is 16.7 Å². The summed E-state index contributed by atoms with van der Waals surface area (Å²) in [5.74, 6) is -0.436. The number of rotatable bonds is 5. The molecule has 0 aliphatic rings. The van der Waals surface area contributed by atoms with Crippen LogP contribution >= 0.6 is 23.4 Å². The van der Waals surface area contributed by atoms with Crippen molar-refractivity contribution in [3.05, 3.63) is 57.0 Å². The van der Waals surface area contributed by atoms with Crippen LogP contribution in [0.3, 0.4) is 0 Å². The number of aromatic amines is 1. The molecule has 0 radical (unpaired) electrons. The van der Waals surface area contributed by atoms with Gasteiger partial charge in [0.05, 0.1) is 12.1 Å². The Labute approximate surface area is 124 Å². The van der Waals surface area contributed by atoms with Crippen LogP contribution in [0.2, 0.25) is 5.02 Å². The van der Waals surface area contributed by atoms with Crippen LogP contribution < -0.4 is 5.56 Å². The monoisotopic (exact) mass is 310 g/mol. The lowest BCUT2D eigenvalue weighted by Crippen LogP contribution is -2.12. The summed E-state index contributed by atoms with van der Waals surface area (Å²) < 4.78 is 0. The Morgan fingerprint density at radius 1 is 1.40 bits per heavy atom. The molecule has 0 atom stereocenters. The molecule has 2 aromatic rings. The molecule has 0 saturated carbocycles. The van der Waals surface area contributed by atoms with Gasteiger partial charge in [0.15, 0.2) is 5.16 Å². The fraction of sp³-hybridized carbons (Fsp3) is 0.154. The summed E-state index contributed by atoms with van der Waals surface area (Å²) in [6, 6.07) is 8.56. The van der Waals surface area contributed by atoms with Crippen molar-refractivity contribution in [2.75, 3.05) is 0 Å². The van der Waals surface area contributed by atoms with Crippen LogP contribution in [0.15, 0.2) is 40.3 Å². The van der Waals surface area contributed by atoms with Crippen LogP contribution in [-0.2, 0) is 17.0 Å². The van der Waals surface area contributed by atoms with Gasteiger partial charge in [0.2, 0.25) is 0 Å². The first kappa shape index (κ1) is 14.6. The van der Waals surface area contributed by atoms with Crippen molar-refractivity contribution in [3.8, 4) is 0 Å². The summed E-state index contributed by atoms with van der Waals surface area (Å²) in [6.45, 7) is 0. The number of hydrogen-bond donors (Lipinski definition) is 2. The molecule has 0 spiro atoms. The van der Waals surface area contributed by atoms with Crippen LogP contribution in [-0.4, -0.2) is 21.0 Å². The highest BCUT2D eigenvalue weighted by Gasteiger charge is 2.06. The summed E-state index contributed by atoms with van der Waals surface area (Å²) in [5, 5.41) is 9.75. The number of carbonyl (C=O) groups is 1. The SMILES string of the molecule is O=C(O)Cc1cc(=O)[nH]c(SCc2cccc(Cl)c2)n1. The van der Waals surface area contributed by atoms with Gasteiger partial charge in [-0.25, -0.2) is 4.98 Å². The summed E-state index contributed by atoms with van der Waals surface area (Å²) in [4.78, 5) is 28.8. The molecular formula is C13H11ClN2O3S. The number of aromatic nitrogens is 2. The third-order valence-electron chi connectivity index (χ3n) is 2.37. The second-order valence-corrected chi connectivity index (χ2v) is 5.43. The molecule has 2 rings (SSSR count). The lowest BCUT2D eigenvalue weighted by molar-refractivity contribution is -0.136. The minimum atomic E-state index is -1.02. The van der Waals surface area contributed by atoms with E-state index < -0.39 is 5.97 Å². The molecule has 0 saturated heterocycles. The minimum absolute atomic E-state index is 0.245. The number of carboxylic acid groups (broad SMARTS) is 1. The number of aliphatic carboxylic acids is 1. The molecule has 0 aliphatic heterocycles. The van der Waals surface area contributed by atoms with Crippen molar-refractivity contribution >= 4 is 29.3 Å². The maximum absolute atomic E-state index is 11.4. The Kier molecular flexibility index (Phi) is 4.81. The molecule has 2 N–H and O–H groups in total. The highest BCUT2D eigenvalue weighted by Crippen LogP contribution is 2.20. The summed E-state index contributed by atoms with van der Waals surface area (Å²) >= 11 is 7.21. The second kappa shape index (κ2) is 6.58. The Morgan fingerprint density at radius 2 is 2.20 bits per heavy atom. The quantitative estimate of drug-likeness (QED) is 0.654. The largest absolute Gasteiger partial charge is 0.481 e. The molecule has 1 heterocycles. The number of carboxylic acids is 1. The van der Waals surface area contributed by atoms with Gasteiger partial charge < -0.3 is 10.1 Å². The number of hydrogen-bond acceptors (Lipinski definition) is 4. The summed E-state index contributed by atoms with van der Waals surface area (Å²) in [7, 11) is 0. The van der Waals surface area contributed by atoms with Crippen LogP contribution in [0, 0.1) is 0 Å². The van der Waals surface area contributed by atoms with E-state index in [0.29, 0.717) is 15.9 Å². The zero-order chi connectivity index (χ0) is 14.5. The van der Waals surface area contributed by atoms with Gasteiger partial charge in [-0.15, -0.1) is 0 Å². The molecule has 20 heavy (non-hydrogen) atoms. The first-order chi connectivity index (χ1) is 9.52. The molecule has 0 unspecified atom stereocenters. The fourth-order valence-corrected chi connectivity index (χ4v) is 2.63. The first-order valence-electron chi connectivity index (χ1n) is 5.72. The van der Waals surface area contributed by atoms with Crippen LogP contribution in [0.5, 0.6) is 0 Å². The molecule has 0 fully saturated rings. The predicted molar refractivity (Wildman–Crippen MR) is 77.2 cm³/mol. The molecular weight excluding hydrogens is 300 g/mol. The summed E-state index contributed by atoms with van der Waals surface area (Å²) in [6.07, 6.45) is -0.269. The number of nitrogens with one attached hydrogen (secondary N) is 1. The maximum Gasteiger partial charge on any atom is 0.309 e. The number of thioether (sulfide) groups is 1. The lowest BCUT2D eigenvalue weighted by Gasteiger charge is -2.03. The zero-order valence-electron chi connectivity index (χ0n) is 10.3. The Balaban J connectivity index is 2.11.